The molecule has 0 aliphatic heterocycles. The summed E-state index contributed by atoms with van der Waals surface area (Å²) in [4.78, 5) is 11.8. The summed E-state index contributed by atoms with van der Waals surface area (Å²) in [5, 5.41) is 2.81. The van der Waals surface area contributed by atoms with Crippen molar-refractivity contribution in [3.05, 3.63) is 17.6 Å². The van der Waals surface area contributed by atoms with Gasteiger partial charge in [-0.15, -0.1) is 0 Å². The average Bonchev–Trinajstić information content (AvgIpc) is 2.70. The van der Waals surface area contributed by atoms with Crippen LogP contribution < -0.4 is 5.32 Å². The van der Waals surface area contributed by atoms with Gasteiger partial charge in [-0.3, -0.25) is 4.79 Å². The molecule has 1 N–H and O–H groups in total. The molecule has 0 spiro atoms. The van der Waals surface area contributed by atoms with Crippen LogP contribution in [0.15, 0.2) is 15.4 Å². The fraction of sp³-hybridized carbons (Fsp3) is 0.583. The lowest BCUT2D eigenvalue weighted by Crippen LogP contribution is -2.34. The van der Waals surface area contributed by atoms with Gasteiger partial charge in [0.15, 0.2) is 5.76 Å². The van der Waals surface area contributed by atoms with E-state index in [-0.39, 0.29) is 22.5 Å². The summed E-state index contributed by atoms with van der Waals surface area (Å²) < 4.78 is 27.6. The lowest BCUT2D eigenvalue weighted by atomic mass is 10.1. The molecule has 0 bridgehead atoms. The minimum Gasteiger partial charge on any atom is -0.455 e. The maximum Gasteiger partial charge on any atom is 0.287 e. The van der Waals surface area contributed by atoms with E-state index in [2.05, 4.69) is 5.32 Å². The number of halogens is 1. The van der Waals surface area contributed by atoms with Crippen molar-refractivity contribution in [3.63, 3.8) is 0 Å². The van der Waals surface area contributed by atoms with Crippen LogP contribution in [0.2, 0.25) is 0 Å². The van der Waals surface area contributed by atoms with Crippen LogP contribution in [-0.2, 0) is 9.05 Å². The zero-order valence-corrected chi connectivity index (χ0v) is 12.8. The van der Waals surface area contributed by atoms with Crippen molar-refractivity contribution in [2.75, 3.05) is 0 Å². The quantitative estimate of drug-likeness (QED) is 0.820. The molecule has 1 atom stereocenters. The Labute approximate surface area is 117 Å². The molecule has 0 radical (unpaired) electrons. The topological polar surface area (TPSA) is 76.4 Å². The molecule has 1 unspecified atom stereocenters. The van der Waals surface area contributed by atoms with Crippen LogP contribution in [0.5, 0.6) is 0 Å². The predicted octanol–water partition coefficient (Wildman–Crippen LogP) is 2.82. The molecular weight excluding hydrogens is 290 g/mol. The average molecular weight is 308 g/mol. The predicted molar refractivity (Wildman–Crippen MR) is 72.9 cm³/mol. The molecule has 7 heteroatoms. The van der Waals surface area contributed by atoms with Crippen LogP contribution in [0.4, 0.5) is 0 Å². The third-order valence-electron chi connectivity index (χ3n) is 2.82. The van der Waals surface area contributed by atoms with Gasteiger partial charge in [0.2, 0.25) is 0 Å². The zero-order valence-electron chi connectivity index (χ0n) is 11.2. The summed E-state index contributed by atoms with van der Waals surface area (Å²) >= 11 is 0. The van der Waals surface area contributed by atoms with Gasteiger partial charge in [-0.2, -0.15) is 0 Å². The fourth-order valence-corrected chi connectivity index (χ4v) is 2.90. The van der Waals surface area contributed by atoms with Gasteiger partial charge in [-0.25, -0.2) is 8.42 Å². The van der Waals surface area contributed by atoms with Crippen LogP contribution >= 0.6 is 10.7 Å². The molecule has 0 aliphatic rings. The molecule has 0 saturated heterocycles. The van der Waals surface area contributed by atoms with E-state index in [9.17, 15) is 13.2 Å². The summed E-state index contributed by atoms with van der Waals surface area (Å²) in [6, 6.07) is 1.21. The molecule has 1 heterocycles. The number of nitrogens with one attached hydrogen (secondary N) is 1. The summed E-state index contributed by atoms with van der Waals surface area (Å²) in [6.07, 6.45) is 2.62. The summed E-state index contributed by atoms with van der Waals surface area (Å²) in [5.41, 5.74) is 0. The first kappa shape index (κ1) is 16.0. The van der Waals surface area contributed by atoms with E-state index in [4.69, 9.17) is 15.1 Å². The number of amides is 1. The Morgan fingerprint density at radius 2 is 2.11 bits per heavy atom. The van der Waals surface area contributed by atoms with Crippen LogP contribution in [0.1, 0.15) is 49.4 Å². The van der Waals surface area contributed by atoms with Crippen molar-refractivity contribution in [1.82, 2.24) is 5.32 Å². The highest BCUT2D eigenvalue weighted by Gasteiger charge is 2.23. The molecule has 0 aromatic carbocycles. The normalized spacial score (nSPS) is 13.3. The highest BCUT2D eigenvalue weighted by atomic mass is 35.7. The molecule has 1 rings (SSSR count). The Bertz CT molecular complexity index is 550. The van der Waals surface area contributed by atoms with Crippen molar-refractivity contribution in [2.45, 2.75) is 51.0 Å². The van der Waals surface area contributed by atoms with Crippen molar-refractivity contribution in [2.24, 2.45) is 0 Å². The van der Waals surface area contributed by atoms with E-state index < -0.39 is 15.0 Å². The molecule has 5 nitrogen and oxygen atoms in total. The second-order valence-electron chi connectivity index (χ2n) is 4.34. The summed E-state index contributed by atoms with van der Waals surface area (Å²) in [6.45, 7) is 5.46. The van der Waals surface area contributed by atoms with Gasteiger partial charge >= 0.3 is 0 Å². The van der Waals surface area contributed by atoms with Crippen molar-refractivity contribution in [3.8, 4) is 0 Å². The molecule has 19 heavy (non-hydrogen) atoms. The summed E-state index contributed by atoms with van der Waals surface area (Å²) in [7, 11) is 1.35. The Balaban J connectivity index is 2.90. The minimum absolute atomic E-state index is 0.0359. The Morgan fingerprint density at radius 3 is 2.53 bits per heavy atom. The number of carbonyl (C=O) groups is 1. The first-order valence-electron chi connectivity index (χ1n) is 6.15. The van der Waals surface area contributed by atoms with Crippen LogP contribution in [0.3, 0.4) is 0 Å². The number of hydrogen-bond donors (Lipinski definition) is 1. The van der Waals surface area contributed by atoms with Crippen molar-refractivity contribution < 1.29 is 17.6 Å². The summed E-state index contributed by atoms with van der Waals surface area (Å²) in [5.74, 6) is -0.343. The Kier molecular flexibility index (Phi) is 5.43. The standard InChI is InChI=1S/C12H18ClNO4S/c1-4-6-9(5-2)14-12(15)10-7-11(8(3)18-10)19(13,16)17/h7,9H,4-6H2,1-3H3,(H,14,15). The van der Waals surface area contributed by atoms with E-state index >= 15 is 0 Å². The highest BCUT2D eigenvalue weighted by Crippen LogP contribution is 2.23. The lowest BCUT2D eigenvalue weighted by molar-refractivity contribution is 0.0904. The molecule has 1 aromatic rings. The number of furan rings is 1. The van der Waals surface area contributed by atoms with E-state index in [1.807, 2.05) is 13.8 Å². The van der Waals surface area contributed by atoms with Gasteiger partial charge < -0.3 is 9.73 Å². The first-order valence-corrected chi connectivity index (χ1v) is 8.46. The van der Waals surface area contributed by atoms with E-state index in [1.165, 1.54) is 6.92 Å². The number of rotatable bonds is 6. The van der Waals surface area contributed by atoms with Gasteiger partial charge in [-0.1, -0.05) is 20.3 Å². The maximum absolute atomic E-state index is 11.9. The van der Waals surface area contributed by atoms with E-state index in [0.29, 0.717) is 0 Å². The van der Waals surface area contributed by atoms with Gasteiger partial charge in [0.05, 0.1) is 0 Å². The minimum atomic E-state index is -3.89. The van der Waals surface area contributed by atoms with Crippen LogP contribution in [0.25, 0.3) is 0 Å². The molecule has 0 fully saturated rings. The van der Waals surface area contributed by atoms with Crippen LogP contribution in [-0.4, -0.2) is 20.4 Å². The highest BCUT2D eigenvalue weighted by molar-refractivity contribution is 8.13. The Morgan fingerprint density at radius 1 is 1.47 bits per heavy atom. The number of hydrogen-bond acceptors (Lipinski definition) is 4. The van der Waals surface area contributed by atoms with E-state index in [1.54, 1.807) is 0 Å². The molecule has 1 amide bonds. The third-order valence-corrected chi connectivity index (χ3v) is 4.25. The largest absolute Gasteiger partial charge is 0.455 e. The smallest absolute Gasteiger partial charge is 0.287 e. The van der Waals surface area contributed by atoms with Crippen LogP contribution in [0, 0.1) is 6.92 Å². The second kappa shape index (κ2) is 6.43. The number of carbonyl (C=O) groups excluding carboxylic acids is 1. The van der Waals surface area contributed by atoms with Crippen molar-refractivity contribution in [1.29, 1.82) is 0 Å². The third kappa shape index (κ3) is 4.24. The number of aryl methyl sites for hydroxylation is 1. The fourth-order valence-electron chi connectivity index (χ4n) is 1.80. The molecule has 0 saturated carbocycles. The van der Waals surface area contributed by atoms with E-state index in [0.717, 1.165) is 25.3 Å². The zero-order chi connectivity index (χ0) is 14.6. The SMILES string of the molecule is CCCC(CC)NC(=O)c1cc(S(=O)(=O)Cl)c(C)o1. The lowest BCUT2D eigenvalue weighted by Gasteiger charge is -2.14. The van der Waals surface area contributed by atoms with Gasteiger partial charge in [0.25, 0.3) is 15.0 Å². The molecule has 0 aliphatic carbocycles. The van der Waals surface area contributed by atoms with Gasteiger partial charge in [-0.05, 0) is 19.8 Å². The molecule has 108 valence electrons. The Hall–Kier alpha value is -1.01. The second-order valence-corrected chi connectivity index (χ2v) is 6.87. The van der Waals surface area contributed by atoms with Crippen molar-refractivity contribution >= 4 is 25.6 Å². The first-order chi connectivity index (χ1) is 8.79. The monoisotopic (exact) mass is 307 g/mol. The molecular formula is C12H18ClNO4S. The van der Waals surface area contributed by atoms with Gasteiger partial charge in [0, 0.05) is 22.8 Å². The molecule has 1 aromatic heterocycles. The van der Waals surface area contributed by atoms with Gasteiger partial charge in [0.1, 0.15) is 10.7 Å². The maximum atomic E-state index is 11.9.